The summed E-state index contributed by atoms with van der Waals surface area (Å²) in [6.45, 7) is 6.13. The van der Waals surface area contributed by atoms with Gasteiger partial charge in [0.2, 0.25) is 0 Å². The number of nitrogens with one attached hydrogen (secondary N) is 1. The third-order valence-corrected chi connectivity index (χ3v) is 4.25. The molecule has 0 aliphatic carbocycles. The summed E-state index contributed by atoms with van der Waals surface area (Å²) in [4.78, 5) is 6.94. The van der Waals surface area contributed by atoms with E-state index in [1.807, 2.05) is 12.1 Å². The molecule has 1 N–H and O–H groups in total. The molecule has 0 saturated heterocycles. The lowest BCUT2D eigenvalue weighted by molar-refractivity contribution is 0.227. The lowest BCUT2D eigenvalue weighted by Gasteiger charge is -2.35. The van der Waals surface area contributed by atoms with Crippen LogP contribution in [0.5, 0.6) is 0 Å². The predicted molar refractivity (Wildman–Crippen MR) is 89.9 cm³/mol. The monoisotopic (exact) mass is 335 g/mol. The average molecular weight is 337 g/mol. The molecule has 2 aliphatic rings. The summed E-state index contributed by atoms with van der Waals surface area (Å²) in [6, 6.07) is 6.65. The van der Waals surface area contributed by atoms with Crippen LogP contribution >= 0.6 is 36.4 Å². The van der Waals surface area contributed by atoms with Gasteiger partial charge in [0.1, 0.15) is 5.84 Å². The third-order valence-electron chi connectivity index (χ3n) is 3.90. The number of rotatable bonds is 2. The van der Waals surface area contributed by atoms with Crippen molar-refractivity contribution in [2.45, 2.75) is 19.4 Å². The number of nitrogens with zero attached hydrogens (tertiary/aromatic N) is 2. The number of benzene rings is 1. The van der Waals surface area contributed by atoms with Gasteiger partial charge in [-0.1, -0.05) is 23.7 Å². The fourth-order valence-corrected chi connectivity index (χ4v) is 3.11. The fraction of sp³-hybridized carbons (Fsp3) is 0.500. The second kappa shape index (κ2) is 7.51. The number of aliphatic imine (C=N–C) groups is 1. The van der Waals surface area contributed by atoms with Gasteiger partial charge in [-0.25, -0.2) is 0 Å². The van der Waals surface area contributed by atoms with Crippen molar-refractivity contribution in [3.63, 3.8) is 0 Å². The van der Waals surface area contributed by atoms with Crippen LogP contribution in [0.1, 0.15) is 24.1 Å². The highest BCUT2D eigenvalue weighted by Gasteiger charge is 2.26. The SMILES string of the molecule is CC1c2cccc(Cl)c2CCN1CC1=NCCN1.Cl.Cl. The third kappa shape index (κ3) is 3.40. The first kappa shape index (κ1) is 17.6. The molecule has 1 atom stereocenters. The van der Waals surface area contributed by atoms with Gasteiger partial charge in [0.25, 0.3) is 0 Å². The first-order valence-electron chi connectivity index (χ1n) is 6.54. The highest BCUT2D eigenvalue weighted by atomic mass is 35.5. The van der Waals surface area contributed by atoms with E-state index in [4.69, 9.17) is 11.6 Å². The van der Waals surface area contributed by atoms with E-state index < -0.39 is 0 Å². The molecule has 112 valence electrons. The average Bonchev–Trinajstić information content (AvgIpc) is 2.86. The Labute approximate surface area is 137 Å². The van der Waals surface area contributed by atoms with E-state index in [1.165, 1.54) is 11.1 Å². The van der Waals surface area contributed by atoms with Crippen molar-refractivity contribution < 1.29 is 0 Å². The van der Waals surface area contributed by atoms with Crippen LogP contribution in [0.3, 0.4) is 0 Å². The number of halogens is 3. The molecule has 20 heavy (non-hydrogen) atoms. The molecule has 6 heteroatoms. The summed E-state index contributed by atoms with van der Waals surface area (Å²) in [5.74, 6) is 1.13. The second-order valence-corrected chi connectivity index (χ2v) is 5.37. The molecule has 0 amide bonds. The Morgan fingerprint density at radius 2 is 2.20 bits per heavy atom. The molecule has 0 spiro atoms. The lowest BCUT2D eigenvalue weighted by Crippen LogP contribution is -2.40. The summed E-state index contributed by atoms with van der Waals surface area (Å²) < 4.78 is 0. The van der Waals surface area contributed by atoms with Crippen molar-refractivity contribution in [1.29, 1.82) is 0 Å². The van der Waals surface area contributed by atoms with Gasteiger partial charge in [0, 0.05) is 24.2 Å². The smallest absolute Gasteiger partial charge is 0.111 e. The fourth-order valence-electron chi connectivity index (χ4n) is 2.84. The van der Waals surface area contributed by atoms with Gasteiger partial charge < -0.3 is 5.32 Å². The molecule has 0 fully saturated rings. The summed E-state index contributed by atoms with van der Waals surface area (Å²) in [6.07, 6.45) is 1.03. The van der Waals surface area contributed by atoms with Gasteiger partial charge in [-0.15, -0.1) is 24.8 Å². The van der Waals surface area contributed by atoms with Crippen molar-refractivity contribution >= 4 is 42.3 Å². The summed E-state index contributed by atoms with van der Waals surface area (Å²) in [5.41, 5.74) is 2.69. The van der Waals surface area contributed by atoms with Gasteiger partial charge in [0.05, 0.1) is 13.1 Å². The van der Waals surface area contributed by atoms with Gasteiger partial charge in [-0.05, 0) is 30.5 Å². The standard InChI is InChI=1S/C14H18ClN3.2ClH/c1-10-11-3-2-4-13(15)12(11)5-8-18(10)9-14-16-6-7-17-14;;/h2-4,10H,5-9H2,1H3,(H,16,17);2*1H. The van der Waals surface area contributed by atoms with Crippen molar-refractivity contribution in [2.75, 3.05) is 26.2 Å². The quantitative estimate of drug-likeness (QED) is 0.898. The molecule has 3 rings (SSSR count). The molecule has 1 unspecified atom stereocenters. The molecule has 0 radical (unpaired) electrons. The van der Waals surface area contributed by atoms with Gasteiger partial charge >= 0.3 is 0 Å². The Bertz CT molecular complexity index is 491. The highest BCUT2D eigenvalue weighted by Crippen LogP contribution is 2.33. The zero-order chi connectivity index (χ0) is 12.5. The van der Waals surface area contributed by atoms with Crippen molar-refractivity contribution in [3.8, 4) is 0 Å². The minimum Gasteiger partial charge on any atom is -0.371 e. The summed E-state index contributed by atoms with van der Waals surface area (Å²) in [7, 11) is 0. The van der Waals surface area contributed by atoms with E-state index >= 15 is 0 Å². The van der Waals surface area contributed by atoms with E-state index in [0.717, 1.165) is 43.5 Å². The predicted octanol–water partition coefficient (Wildman–Crippen LogP) is 3.10. The van der Waals surface area contributed by atoms with Gasteiger partial charge in [-0.3, -0.25) is 9.89 Å². The molecule has 2 aliphatic heterocycles. The number of fused-ring (bicyclic) bond motifs is 1. The van der Waals surface area contributed by atoms with Gasteiger partial charge in [-0.2, -0.15) is 0 Å². The Hall–Kier alpha value is -0.480. The van der Waals surface area contributed by atoms with E-state index in [9.17, 15) is 0 Å². The summed E-state index contributed by atoms with van der Waals surface area (Å²) >= 11 is 6.27. The molecule has 1 aromatic carbocycles. The molecule has 2 heterocycles. The van der Waals surface area contributed by atoms with Crippen LogP contribution in [0, 0.1) is 0 Å². The lowest BCUT2D eigenvalue weighted by atomic mass is 9.93. The number of hydrogen-bond donors (Lipinski definition) is 1. The van der Waals surface area contributed by atoms with Crippen LogP contribution in [-0.2, 0) is 6.42 Å². The Balaban J connectivity index is 0.000001000. The first-order chi connectivity index (χ1) is 8.75. The van der Waals surface area contributed by atoms with Crippen LogP contribution in [0.4, 0.5) is 0 Å². The van der Waals surface area contributed by atoms with Gasteiger partial charge in [0.15, 0.2) is 0 Å². The van der Waals surface area contributed by atoms with E-state index in [-0.39, 0.29) is 24.8 Å². The number of amidine groups is 1. The molecule has 1 aromatic rings. The Morgan fingerprint density at radius 1 is 1.40 bits per heavy atom. The largest absolute Gasteiger partial charge is 0.371 e. The van der Waals surface area contributed by atoms with E-state index in [0.29, 0.717) is 6.04 Å². The second-order valence-electron chi connectivity index (χ2n) is 4.96. The van der Waals surface area contributed by atoms with Crippen molar-refractivity contribution in [2.24, 2.45) is 4.99 Å². The van der Waals surface area contributed by atoms with Crippen LogP contribution in [0.2, 0.25) is 5.02 Å². The van der Waals surface area contributed by atoms with Crippen LogP contribution in [-0.4, -0.2) is 36.9 Å². The normalized spacial score (nSPS) is 21.1. The van der Waals surface area contributed by atoms with E-state index in [1.54, 1.807) is 0 Å². The minimum absolute atomic E-state index is 0. The maximum absolute atomic E-state index is 6.27. The zero-order valence-corrected chi connectivity index (χ0v) is 13.8. The first-order valence-corrected chi connectivity index (χ1v) is 6.92. The minimum atomic E-state index is 0. The summed E-state index contributed by atoms with van der Waals surface area (Å²) in [5, 5.41) is 4.25. The van der Waals surface area contributed by atoms with Crippen LogP contribution < -0.4 is 5.32 Å². The zero-order valence-electron chi connectivity index (χ0n) is 11.4. The molecular weight excluding hydrogens is 317 g/mol. The maximum Gasteiger partial charge on any atom is 0.111 e. The highest BCUT2D eigenvalue weighted by molar-refractivity contribution is 6.31. The topological polar surface area (TPSA) is 27.6 Å². The molecule has 0 bridgehead atoms. The maximum atomic E-state index is 6.27. The Morgan fingerprint density at radius 3 is 2.90 bits per heavy atom. The molecule has 3 nitrogen and oxygen atoms in total. The molecule has 0 saturated carbocycles. The van der Waals surface area contributed by atoms with Crippen LogP contribution in [0.25, 0.3) is 0 Å². The van der Waals surface area contributed by atoms with E-state index in [2.05, 4.69) is 28.2 Å². The van der Waals surface area contributed by atoms with Crippen molar-refractivity contribution in [3.05, 3.63) is 34.3 Å². The number of hydrogen-bond acceptors (Lipinski definition) is 3. The van der Waals surface area contributed by atoms with Crippen LogP contribution in [0.15, 0.2) is 23.2 Å². The Kier molecular flexibility index (Phi) is 6.59. The molecule has 0 aromatic heterocycles. The van der Waals surface area contributed by atoms with Crippen molar-refractivity contribution in [1.82, 2.24) is 10.2 Å². The molecular formula is C14H20Cl3N3.